The van der Waals surface area contributed by atoms with E-state index in [0.717, 1.165) is 5.92 Å². The van der Waals surface area contributed by atoms with Crippen LogP contribution in [0.1, 0.15) is 63.4 Å². The number of rotatable bonds is 3. The fourth-order valence-electron chi connectivity index (χ4n) is 5.61. The van der Waals surface area contributed by atoms with Crippen LogP contribution < -0.4 is 4.74 Å². The highest BCUT2D eigenvalue weighted by atomic mass is 16.5. The first-order valence-electron chi connectivity index (χ1n) is 11.2. The lowest BCUT2D eigenvalue weighted by atomic mass is 9.82. The molecular formula is C25H33NO. The van der Waals surface area contributed by atoms with Crippen LogP contribution >= 0.6 is 0 Å². The van der Waals surface area contributed by atoms with E-state index in [0.29, 0.717) is 0 Å². The molecule has 1 spiro atoms. The molecule has 2 aromatic carbocycles. The Labute approximate surface area is 163 Å². The highest BCUT2D eigenvalue weighted by molar-refractivity contribution is 5.89. The molecule has 2 heterocycles. The van der Waals surface area contributed by atoms with Crippen LogP contribution in [0, 0.1) is 5.92 Å². The summed E-state index contributed by atoms with van der Waals surface area (Å²) in [7, 11) is 0. The summed E-state index contributed by atoms with van der Waals surface area (Å²) >= 11 is 0. The van der Waals surface area contributed by atoms with Crippen LogP contribution in [0.3, 0.4) is 0 Å². The predicted octanol–water partition coefficient (Wildman–Crippen LogP) is 5.97. The topological polar surface area (TPSA) is 12.5 Å². The molecule has 0 N–H and O–H groups in total. The Balaban J connectivity index is 1.23. The number of hydrogen-bond donors (Lipinski definition) is 0. The molecule has 0 aromatic heterocycles. The zero-order chi connectivity index (χ0) is 18.1. The molecule has 0 amide bonds. The van der Waals surface area contributed by atoms with E-state index in [2.05, 4.69) is 41.3 Å². The highest BCUT2D eigenvalue weighted by Crippen LogP contribution is 2.43. The van der Waals surface area contributed by atoms with Crippen LogP contribution in [0.25, 0.3) is 10.8 Å². The monoisotopic (exact) mass is 363 g/mol. The molecule has 0 radical (unpaired) electrons. The smallest absolute Gasteiger partial charge is 0.131 e. The Morgan fingerprint density at radius 3 is 2.59 bits per heavy atom. The zero-order valence-corrected chi connectivity index (χ0v) is 16.6. The van der Waals surface area contributed by atoms with Crippen LogP contribution in [0.2, 0.25) is 0 Å². The van der Waals surface area contributed by atoms with Gasteiger partial charge in [0.15, 0.2) is 0 Å². The molecule has 1 saturated carbocycles. The number of likely N-dealkylation sites (tertiary alicyclic amines) is 1. The third-order valence-electron chi connectivity index (χ3n) is 7.48. The van der Waals surface area contributed by atoms with Gasteiger partial charge in [-0.3, -0.25) is 0 Å². The van der Waals surface area contributed by atoms with Crippen molar-refractivity contribution in [1.82, 2.24) is 4.90 Å². The first-order chi connectivity index (χ1) is 13.3. The molecule has 27 heavy (non-hydrogen) atoms. The van der Waals surface area contributed by atoms with Gasteiger partial charge in [-0.2, -0.15) is 0 Å². The molecule has 0 atom stereocenters. The van der Waals surface area contributed by atoms with Crippen molar-refractivity contribution in [3.63, 3.8) is 0 Å². The van der Waals surface area contributed by atoms with Gasteiger partial charge >= 0.3 is 0 Å². The van der Waals surface area contributed by atoms with Gasteiger partial charge in [-0.25, -0.2) is 0 Å². The maximum atomic E-state index is 6.79. The molecule has 5 rings (SSSR count). The molecule has 1 aliphatic carbocycles. The van der Waals surface area contributed by atoms with Crippen molar-refractivity contribution in [3.05, 3.63) is 42.0 Å². The molecule has 1 saturated heterocycles. The minimum atomic E-state index is 0.0818. The number of ether oxygens (including phenoxy) is 1. The fraction of sp³-hybridized carbons (Fsp3) is 0.600. The number of fused-ring (bicyclic) bond motifs is 3. The maximum absolute atomic E-state index is 6.79. The number of piperidine rings is 1. The highest BCUT2D eigenvalue weighted by Gasteiger charge is 2.39. The van der Waals surface area contributed by atoms with Crippen LogP contribution in [-0.2, 0) is 6.42 Å². The Bertz CT molecular complexity index is 784. The molecule has 0 unspecified atom stereocenters. The van der Waals surface area contributed by atoms with Crippen LogP contribution in [0.5, 0.6) is 5.75 Å². The summed E-state index contributed by atoms with van der Waals surface area (Å²) in [5.74, 6) is 2.17. The average Bonchev–Trinajstić information content (AvgIpc) is 2.74. The number of nitrogens with zero attached hydrogens (tertiary/aromatic N) is 1. The Hall–Kier alpha value is -1.54. The molecule has 2 fully saturated rings. The van der Waals surface area contributed by atoms with E-state index >= 15 is 0 Å². The first-order valence-corrected chi connectivity index (χ1v) is 11.2. The average molecular weight is 364 g/mol. The van der Waals surface area contributed by atoms with Gasteiger partial charge in [0.2, 0.25) is 0 Å². The van der Waals surface area contributed by atoms with Gasteiger partial charge in [0.25, 0.3) is 0 Å². The summed E-state index contributed by atoms with van der Waals surface area (Å²) < 4.78 is 6.79. The van der Waals surface area contributed by atoms with Crippen molar-refractivity contribution in [3.8, 4) is 5.75 Å². The first kappa shape index (κ1) is 17.6. The Morgan fingerprint density at radius 1 is 0.926 bits per heavy atom. The molecule has 3 aliphatic rings. The second kappa shape index (κ2) is 7.47. The largest absolute Gasteiger partial charge is 0.486 e. The van der Waals surface area contributed by atoms with E-state index < -0.39 is 0 Å². The van der Waals surface area contributed by atoms with Crippen LogP contribution in [0.15, 0.2) is 36.4 Å². The van der Waals surface area contributed by atoms with Crippen molar-refractivity contribution >= 4 is 10.8 Å². The molecule has 2 aliphatic heterocycles. The summed E-state index contributed by atoms with van der Waals surface area (Å²) in [5, 5.41) is 2.60. The Morgan fingerprint density at radius 2 is 1.74 bits per heavy atom. The molecule has 2 nitrogen and oxygen atoms in total. The second-order valence-electron chi connectivity index (χ2n) is 9.19. The lowest BCUT2D eigenvalue weighted by molar-refractivity contribution is -0.0144. The van der Waals surface area contributed by atoms with Gasteiger partial charge in [-0.05, 0) is 55.5 Å². The summed E-state index contributed by atoms with van der Waals surface area (Å²) in [6.45, 7) is 3.74. The van der Waals surface area contributed by atoms with Crippen molar-refractivity contribution in [2.75, 3.05) is 19.6 Å². The van der Waals surface area contributed by atoms with Gasteiger partial charge in [0.05, 0.1) is 0 Å². The fourth-order valence-corrected chi connectivity index (χ4v) is 5.61. The molecular weight excluding hydrogens is 330 g/mol. The quantitative estimate of drug-likeness (QED) is 0.666. The normalized spacial score (nSPS) is 23.3. The van der Waals surface area contributed by atoms with E-state index in [1.54, 1.807) is 0 Å². The molecule has 0 bridgehead atoms. The number of aryl methyl sites for hydroxylation is 1. The third-order valence-corrected chi connectivity index (χ3v) is 7.48. The molecule has 144 valence electrons. The lowest BCUT2D eigenvalue weighted by Crippen LogP contribution is -2.50. The second-order valence-corrected chi connectivity index (χ2v) is 9.19. The Kier molecular flexibility index (Phi) is 4.85. The van der Waals surface area contributed by atoms with Crippen molar-refractivity contribution < 1.29 is 4.74 Å². The molecule has 2 aromatic rings. The summed E-state index contributed by atoms with van der Waals surface area (Å²) in [5.41, 5.74) is 1.48. The van der Waals surface area contributed by atoms with Crippen LogP contribution in [0.4, 0.5) is 0 Å². The predicted molar refractivity (Wildman–Crippen MR) is 112 cm³/mol. The number of hydrogen-bond acceptors (Lipinski definition) is 2. The maximum Gasteiger partial charge on any atom is 0.131 e. The summed E-state index contributed by atoms with van der Waals surface area (Å²) in [6, 6.07) is 13.2. The third kappa shape index (κ3) is 3.61. The zero-order valence-electron chi connectivity index (χ0n) is 16.6. The van der Waals surface area contributed by atoms with Gasteiger partial charge < -0.3 is 9.64 Å². The number of benzene rings is 2. The van der Waals surface area contributed by atoms with E-state index in [-0.39, 0.29) is 5.60 Å². The van der Waals surface area contributed by atoms with Gasteiger partial charge in [-0.15, -0.1) is 0 Å². The summed E-state index contributed by atoms with van der Waals surface area (Å²) in [6.07, 6.45) is 13.5. The SMILES string of the molecule is c1ccc2c3c(ccc2c1)CCC1(CCN(CCC2CCCCC2)CC1)O3. The lowest BCUT2D eigenvalue weighted by Gasteiger charge is -2.45. The minimum absolute atomic E-state index is 0.0818. The van der Waals surface area contributed by atoms with Crippen molar-refractivity contribution in [2.45, 2.75) is 69.8 Å². The van der Waals surface area contributed by atoms with Crippen molar-refractivity contribution in [2.24, 2.45) is 5.92 Å². The van der Waals surface area contributed by atoms with E-state index in [9.17, 15) is 0 Å². The van der Waals surface area contributed by atoms with E-state index in [1.807, 2.05) is 0 Å². The minimum Gasteiger partial charge on any atom is -0.486 e. The van der Waals surface area contributed by atoms with Gasteiger partial charge in [-0.1, -0.05) is 68.5 Å². The van der Waals surface area contributed by atoms with Gasteiger partial charge in [0.1, 0.15) is 11.4 Å². The van der Waals surface area contributed by atoms with E-state index in [4.69, 9.17) is 4.74 Å². The van der Waals surface area contributed by atoms with Crippen LogP contribution in [-0.4, -0.2) is 30.1 Å². The van der Waals surface area contributed by atoms with Crippen molar-refractivity contribution in [1.29, 1.82) is 0 Å². The van der Waals surface area contributed by atoms with E-state index in [1.165, 1.54) is 106 Å². The standard InChI is InChI=1S/C25H33NO/c1-2-6-20(7-3-1)13-17-26-18-15-25(16-19-26)14-12-22-11-10-21-8-4-5-9-23(21)24(22)27-25/h4-5,8-11,20H,1-3,6-7,12-19H2. The molecule has 2 heteroatoms. The summed E-state index contributed by atoms with van der Waals surface area (Å²) in [4.78, 5) is 2.71. The van der Waals surface area contributed by atoms with Gasteiger partial charge in [0, 0.05) is 18.5 Å².